The Balaban J connectivity index is 2.21. The summed E-state index contributed by atoms with van der Waals surface area (Å²) in [6, 6.07) is 13.0. The molecule has 2 rings (SSSR count). The Hall–Kier alpha value is -1.81. The van der Waals surface area contributed by atoms with Gasteiger partial charge in [-0.15, -0.1) is 0 Å². The zero-order valence-electron chi connectivity index (χ0n) is 11.5. The summed E-state index contributed by atoms with van der Waals surface area (Å²) in [5, 5.41) is 2.89. The average molecular weight is 333 g/mol. The van der Waals surface area contributed by atoms with Crippen LogP contribution in [0.5, 0.6) is 0 Å². The van der Waals surface area contributed by atoms with E-state index in [9.17, 15) is 4.79 Å². The van der Waals surface area contributed by atoms with Crippen molar-refractivity contribution in [3.8, 4) is 0 Å². The number of nitrogen functional groups attached to an aromatic ring is 1. The minimum atomic E-state index is -0.168. The molecule has 104 valence electrons. The van der Waals surface area contributed by atoms with Crippen LogP contribution >= 0.6 is 15.9 Å². The number of rotatable bonds is 3. The largest absolute Gasteiger partial charge is 0.399 e. The molecule has 0 saturated heterocycles. The van der Waals surface area contributed by atoms with Crippen LogP contribution < -0.4 is 11.1 Å². The molecule has 1 amide bonds. The van der Waals surface area contributed by atoms with Gasteiger partial charge >= 0.3 is 0 Å². The van der Waals surface area contributed by atoms with E-state index in [-0.39, 0.29) is 5.91 Å². The number of nitrogens with two attached hydrogens (primary N) is 1. The number of hydrogen-bond acceptors (Lipinski definition) is 2. The number of benzene rings is 2. The molecule has 0 saturated carbocycles. The molecule has 0 aliphatic heterocycles. The van der Waals surface area contributed by atoms with Gasteiger partial charge in [-0.1, -0.05) is 41.9 Å². The minimum absolute atomic E-state index is 0.168. The van der Waals surface area contributed by atoms with Crippen molar-refractivity contribution in [2.45, 2.75) is 19.8 Å². The summed E-state index contributed by atoms with van der Waals surface area (Å²) in [7, 11) is 0. The Morgan fingerprint density at radius 3 is 2.60 bits per heavy atom. The molecular formula is C16H17BrN2O. The Morgan fingerprint density at radius 1 is 1.20 bits per heavy atom. The van der Waals surface area contributed by atoms with E-state index in [0.29, 0.717) is 17.2 Å². The molecule has 0 spiro atoms. The van der Waals surface area contributed by atoms with Crippen LogP contribution in [0.2, 0.25) is 0 Å². The lowest BCUT2D eigenvalue weighted by Gasteiger charge is -2.10. The lowest BCUT2D eigenvalue weighted by atomic mass is 10.0. The molecule has 0 unspecified atom stereocenters. The van der Waals surface area contributed by atoms with Crippen molar-refractivity contribution in [1.29, 1.82) is 0 Å². The van der Waals surface area contributed by atoms with Gasteiger partial charge < -0.3 is 11.1 Å². The average Bonchev–Trinajstić information content (AvgIpc) is 2.37. The fourth-order valence-electron chi connectivity index (χ4n) is 1.92. The monoisotopic (exact) mass is 332 g/mol. The van der Waals surface area contributed by atoms with E-state index in [1.54, 1.807) is 18.2 Å². The van der Waals surface area contributed by atoms with E-state index >= 15 is 0 Å². The molecule has 0 aromatic heterocycles. The van der Waals surface area contributed by atoms with Crippen LogP contribution in [0.1, 0.15) is 35.7 Å². The van der Waals surface area contributed by atoms with Gasteiger partial charge in [0.05, 0.1) is 0 Å². The van der Waals surface area contributed by atoms with Gasteiger partial charge in [0.2, 0.25) is 0 Å². The fraction of sp³-hybridized carbons (Fsp3) is 0.188. The molecular weight excluding hydrogens is 316 g/mol. The van der Waals surface area contributed by atoms with E-state index in [1.165, 1.54) is 5.56 Å². The first-order chi connectivity index (χ1) is 9.45. The molecule has 3 nitrogen and oxygen atoms in total. The van der Waals surface area contributed by atoms with Gasteiger partial charge in [0.15, 0.2) is 0 Å². The van der Waals surface area contributed by atoms with Crippen LogP contribution in [-0.2, 0) is 0 Å². The quantitative estimate of drug-likeness (QED) is 0.818. The van der Waals surface area contributed by atoms with Gasteiger partial charge in [0.1, 0.15) is 0 Å². The predicted molar refractivity (Wildman–Crippen MR) is 87.0 cm³/mol. The SMILES string of the molecule is CC(C)c1cccc(NC(=O)c2cc(N)cc(Br)c2)c1. The number of amides is 1. The van der Waals surface area contributed by atoms with E-state index in [0.717, 1.165) is 10.2 Å². The van der Waals surface area contributed by atoms with Crippen molar-refractivity contribution in [3.05, 3.63) is 58.1 Å². The van der Waals surface area contributed by atoms with Crippen molar-refractivity contribution in [3.63, 3.8) is 0 Å². The van der Waals surface area contributed by atoms with Crippen LogP contribution in [0, 0.1) is 0 Å². The van der Waals surface area contributed by atoms with E-state index < -0.39 is 0 Å². The lowest BCUT2D eigenvalue weighted by Crippen LogP contribution is -2.12. The molecule has 4 heteroatoms. The third-order valence-corrected chi connectivity index (χ3v) is 3.45. The Morgan fingerprint density at radius 2 is 1.95 bits per heavy atom. The summed E-state index contributed by atoms with van der Waals surface area (Å²) >= 11 is 3.34. The molecule has 0 aliphatic rings. The summed E-state index contributed by atoms with van der Waals surface area (Å²) in [4.78, 5) is 12.2. The Bertz CT molecular complexity index is 618. The first kappa shape index (κ1) is 14.6. The van der Waals surface area contributed by atoms with Gasteiger partial charge in [-0.2, -0.15) is 0 Å². The van der Waals surface area contributed by atoms with Crippen molar-refractivity contribution in [2.24, 2.45) is 0 Å². The highest BCUT2D eigenvalue weighted by atomic mass is 79.9. The summed E-state index contributed by atoms with van der Waals surface area (Å²) in [6.45, 7) is 4.24. The number of carbonyl (C=O) groups is 1. The Labute approximate surface area is 127 Å². The zero-order chi connectivity index (χ0) is 14.7. The van der Waals surface area contributed by atoms with Crippen LogP contribution in [0.25, 0.3) is 0 Å². The normalized spacial score (nSPS) is 10.6. The number of hydrogen-bond donors (Lipinski definition) is 2. The molecule has 0 heterocycles. The number of anilines is 2. The van der Waals surface area contributed by atoms with Crippen LogP contribution in [0.3, 0.4) is 0 Å². The second kappa shape index (κ2) is 6.09. The predicted octanol–water partition coefficient (Wildman–Crippen LogP) is 4.41. The first-order valence-corrected chi connectivity index (χ1v) is 7.22. The lowest BCUT2D eigenvalue weighted by molar-refractivity contribution is 0.102. The smallest absolute Gasteiger partial charge is 0.255 e. The molecule has 0 aliphatic carbocycles. The van der Waals surface area contributed by atoms with Gasteiger partial charge in [-0.25, -0.2) is 0 Å². The first-order valence-electron chi connectivity index (χ1n) is 6.43. The minimum Gasteiger partial charge on any atom is -0.399 e. The third-order valence-electron chi connectivity index (χ3n) is 2.99. The molecule has 3 N–H and O–H groups in total. The maximum Gasteiger partial charge on any atom is 0.255 e. The van der Waals surface area contributed by atoms with E-state index in [1.807, 2.05) is 18.2 Å². The topological polar surface area (TPSA) is 55.1 Å². The molecule has 2 aromatic rings. The van der Waals surface area contributed by atoms with Gasteiger partial charge in [-0.3, -0.25) is 4.79 Å². The van der Waals surface area contributed by atoms with Crippen LogP contribution in [0.15, 0.2) is 46.9 Å². The molecule has 0 radical (unpaired) electrons. The van der Waals surface area contributed by atoms with Crippen molar-refractivity contribution in [1.82, 2.24) is 0 Å². The summed E-state index contributed by atoms with van der Waals surface area (Å²) < 4.78 is 0.790. The van der Waals surface area contributed by atoms with Crippen molar-refractivity contribution >= 4 is 33.2 Å². The van der Waals surface area contributed by atoms with E-state index in [4.69, 9.17) is 5.73 Å². The number of halogens is 1. The van der Waals surface area contributed by atoms with E-state index in [2.05, 4.69) is 41.2 Å². The summed E-state index contributed by atoms with van der Waals surface area (Å²) in [5.41, 5.74) is 8.82. The number of nitrogens with one attached hydrogen (secondary N) is 1. The number of carbonyl (C=O) groups excluding carboxylic acids is 1. The highest BCUT2D eigenvalue weighted by Gasteiger charge is 2.08. The molecule has 0 fully saturated rings. The maximum atomic E-state index is 12.2. The molecule has 0 atom stereocenters. The van der Waals surface area contributed by atoms with Gasteiger partial charge in [-0.05, 0) is 41.8 Å². The molecule has 20 heavy (non-hydrogen) atoms. The highest BCUT2D eigenvalue weighted by molar-refractivity contribution is 9.10. The highest BCUT2D eigenvalue weighted by Crippen LogP contribution is 2.21. The fourth-order valence-corrected chi connectivity index (χ4v) is 2.43. The Kier molecular flexibility index (Phi) is 4.45. The summed E-state index contributed by atoms with van der Waals surface area (Å²) in [5.74, 6) is 0.257. The van der Waals surface area contributed by atoms with Gasteiger partial charge in [0.25, 0.3) is 5.91 Å². The standard InChI is InChI=1S/C16H17BrN2O/c1-10(2)11-4-3-5-15(8-11)19-16(20)12-6-13(17)9-14(18)7-12/h3-10H,18H2,1-2H3,(H,19,20). The van der Waals surface area contributed by atoms with Crippen LogP contribution in [-0.4, -0.2) is 5.91 Å². The molecule has 0 bridgehead atoms. The van der Waals surface area contributed by atoms with Crippen LogP contribution in [0.4, 0.5) is 11.4 Å². The van der Waals surface area contributed by atoms with Crippen molar-refractivity contribution in [2.75, 3.05) is 11.1 Å². The third kappa shape index (κ3) is 3.61. The summed E-state index contributed by atoms with van der Waals surface area (Å²) in [6.07, 6.45) is 0. The molecule has 2 aromatic carbocycles. The second-order valence-electron chi connectivity index (χ2n) is 5.01. The van der Waals surface area contributed by atoms with Gasteiger partial charge in [0, 0.05) is 21.4 Å². The maximum absolute atomic E-state index is 12.2. The second-order valence-corrected chi connectivity index (χ2v) is 5.92. The zero-order valence-corrected chi connectivity index (χ0v) is 13.1. The van der Waals surface area contributed by atoms with Crippen molar-refractivity contribution < 1.29 is 4.79 Å².